The molecule has 2 atom stereocenters. The molecule has 0 bridgehead atoms. The van der Waals surface area contributed by atoms with Crippen molar-refractivity contribution in [1.29, 1.82) is 0 Å². The minimum Gasteiger partial charge on any atom is -0.377 e. The fourth-order valence-corrected chi connectivity index (χ4v) is 3.53. The Hall–Kier alpha value is -0.0900. The van der Waals surface area contributed by atoms with E-state index in [-0.39, 0.29) is 0 Å². The minimum absolute atomic E-state index is 0.483. The van der Waals surface area contributed by atoms with Crippen LogP contribution in [0.2, 0.25) is 4.34 Å². The van der Waals surface area contributed by atoms with Crippen molar-refractivity contribution in [3.05, 3.63) is 21.3 Å². The van der Waals surface area contributed by atoms with Gasteiger partial charge in [0.15, 0.2) is 0 Å². The van der Waals surface area contributed by atoms with E-state index in [9.17, 15) is 0 Å². The van der Waals surface area contributed by atoms with Crippen LogP contribution in [0, 0.1) is 5.92 Å². The highest BCUT2D eigenvalue weighted by atomic mass is 35.5. The second kappa shape index (κ2) is 7.49. The average Bonchev–Trinajstić information content (AvgIpc) is 2.77. The van der Waals surface area contributed by atoms with Gasteiger partial charge in [-0.25, -0.2) is 0 Å². The van der Waals surface area contributed by atoms with E-state index in [1.807, 2.05) is 6.07 Å². The van der Waals surface area contributed by atoms with Gasteiger partial charge < -0.3 is 10.1 Å². The summed E-state index contributed by atoms with van der Waals surface area (Å²) in [4.78, 5) is 1.28. The van der Waals surface area contributed by atoms with Crippen LogP contribution < -0.4 is 5.32 Å². The lowest BCUT2D eigenvalue weighted by molar-refractivity contribution is -0.00320. The molecule has 102 valence electrons. The number of thiophene rings is 1. The molecule has 2 rings (SSSR count). The van der Waals surface area contributed by atoms with E-state index in [2.05, 4.69) is 18.3 Å². The zero-order valence-electron chi connectivity index (χ0n) is 11.0. The molecular weight excluding hydrogens is 266 g/mol. The SMILES string of the molecule is CC1CCCCC1OCCNCc1ccc(Cl)s1. The molecule has 0 radical (unpaired) electrons. The topological polar surface area (TPSA) is 21.3 Å². The van der Waals surface area contributed by atoms with Crippen LogP contribution in [0.4, 0.5) is 0 Å². The summed E-state index contributed by atoms with van der Waals surface area (Å²) in [6.07, 6.45) is 5.75. The van der Waals surface area contributed by atoms with E-state index in [4.69, 9.17) is 16.3 Å². The third-order valence-corrected chi connectivity index (χ3v) is 4.80. The lowest BCUT2D eigenvalue weighted by Gasteiger charge is -2.28. The van der Waals surface area contributed by atoms with Gasteiger partial charge >= 0.3 is 0 Å². The van der Waals surface area contributed by atoms with Crippen molar-refractivity contribution in [2.45, 2.75) is 45.3 Å². The largest absolute Gasteiger partial charge is 0.377 e. The van der Waals surface area contributed by atoms with Gasteiger partial charge in [0.05, 0.1) is 17.0 Å². The number of hydrogen-bond donors (Lipinski definition) is 1. The molecule has 1 saturated carbocycles. The van der Waals surface area contributed by atoms with Crippen molar-refractivity contribution in [2.24, 2.45) is 5.92 Å². The van der Waals surface area contributed by atoms with Crippen LogP contribution in [-0.2, 0) is 11.3 Å². The summed E-state index contributed by atoms with van der Waals surface area (Å²) in [7, 11) is 0. The molecule has 1 aromatic rings. The number of nitrogens with one attached hydrogen (secondary N) is 1. The summed E-state index contributed by atoms with van der Waals surface area (Å²) in [6.45, 7) is 4.93. The highest BCUT2D eigenvalue weighted by Crippen LogP contribution is 2.26. The number of halogens is 1. The lowest BCUT2D eigenvalue weighted by Crippen LogP contribution is -2.29. The van der Waals surface area contributed by atoms with E-state index in [0.717, 1.165) is 30.0 Å². The van der Waals surface area contributed by atoms with Crippen LogP contribution in [0.5, 0.6) is 0 Å². The molecule has 1 aromatic heterocycles. The maximum absolute atomic E-state index is 5.95. The van der Waals surface area contributed by atoms with E-state index in [0.29, 0.717) is 6.10 Å². The Bertz CT molecular complexity index is 355. The average molecular weight is 288 g/mol. The molecule has 0 aromatic carbocycles. The fourth-order valence-electron chi connectivity index (χ4n) is 2.47. The molecule has 0 amide bonds. The normalized spacial score (nSPS) is 24.3. The van der Waals surface area contributed by atoms with Gasteiger partial charge in [-0.15, -0.1) is 11.3 Å². The quantitative estimate of drug-likeness (QED) is 0.796. The Morgan fingerprint density at radius 2 is 2.22 bits per heavy atom. The van der Waals surface area contributed by atoms with Crippen LogP contribution in [0.25, 0.3) is 0 Å². The van der Waals surface area contributed by atoms with Crippen LogP contribution in [0.15, 0.2) is 12.1 Å². The van der Waals surface area contributed by atoms with Gasteiger partial charge in [0.1, 0.15) is 0 Å². The monoisotopic (exact) mass is 287 g/mol. The van der Waals surface area contributed by atoms with E-state index >= 15 is 0 Å². The van der Waals surface area contributed by atoms with Gasteiger partial charge in [0, 0.05) is 18.0 Å². The molecule has 0 spiro atoms. The Morgan fingerprint density at radius 1 is 1.39 bits per heavy atom. The summed E-state index contributed by atoms with van der Waals surface area (Å²) >= 11 is 7.52. The Kier molecular flexibility index (Phi) is 5.96. The maximum atomic E-state index is 5.95. The summed E-state index contributed by atoms with van der Waals surface area (Å²) in [6, 6.07) is 4.02. The third kappa shape index (κ3) is 4.54. The first kappa shape index (κ1) is 14.3. The molecule has 1 N–H and O–H groups in total. The first-order valence-electron chi connectivity index (χ1n) is 6.82. The third-order valence-electron chi connectivity index (χ3n) is 3.57. The van der Waals surface area contributed by atoms with Gasteiger partial charge in [-0.05, 0) is 30.9 Å². The lowest BCUT2D eigenvalue weighted by atomic mass is 9.88. The number of ether oxygens (including phenoxy) is 1. The smallest absolute Gasteiger partial charge is 0.0931 e. The van der Waals surface area contributed by atoms with E-state index in [1.54, 1.807) is 11.3 Å². The van der Waals surface area contributed by atoms with Gasteiger partial charge in [0.2, 0.25) is 0 Å². The number of hydrogen-bond acceptors (Lipinski definition) is 3. The molecule has 1 fully saturated rings. The zero-order valence-corrected chi connectivity index (χ0v) is 12.5. The van der Waals surface area contributed by atoms with Crippen molar-refractivity contribution in [3.63, 3.8) is 0 Å². The van der Waals surface area contributed by atoms with Crippen LogP contribution >= 0.6 is 22.9 Å². The Balaban J connectivity index is 1.55. The maximum Gasteiger partial charge on any atom is 0.0931 e. The summed E-state index contributed by atoms with van der Waals surface area (Å²) < 4.78 is 6.81. The first-order valence-corrected chi connectivity index (χ1v) is 8.01. The van der Waals surface area contributed by atoms with Gasteiger partial charge in [-0.1, -0.05) is 31.4 Å². The molecule has 1 aliphatic rings. The molecule has 1 heterocycles. The predicted octanol–water partition coefficient (Wildman–Crippen LogP) is 4.09. The molecule has 1 aliphatic carbocycles. The predicted molar refractivity (Wildman–Crippen MR) is 78.4 cm³/mol. The van der Waals surface area contributed by atoms with Crippen molar-refractivity contribution in [2.75, 3.05) is 13.2 Å². The van der Waals surface area contributed by atoms with Crippen LogP contribution in [0.1, 0.15) is 37.5 Å². The van der Waals surface area contributed by atoms with Gasteiger partial charge in [0.25, 0.3) is 0 Å². The molecule has 18 heavy (non-hydrogen) atoms. The first-order chi connectivity index (χ1) is 8.75. The summed E-state index contributed by atoms with van der Waals surface area (Å²) in [5.74, 6) is 0.731. The van der Waals surface area contributed by atoms with E-state index in [1.165, 1.54) is 30.6 Å². The van der Waals surface area contributed by atoms with Crippen molar-refractivity contribution < 1.29 is 4.74 Å². The summed E-state index contributed by atoms with van der Waals surface area (Å²) in [5.41, 5.74) is 0. The standard InChI is InChI=1S/C14H22ClNOS/c1-11-4-2-3-5-13(11)17-9-8-16-10-12-6-7-14(15)18-12/h6-7,11,13,16H,2-5,8-10H2,1H3. The molecule has 2 unspecified atom stereocenters. The van der Waals surface area contributed by atoms with Gasteiger partial charge in [-0.2, -0.15) is 0 Å². The van der Waals surface area contributed by atoms with Crippen LogP contribution in [-0.4, -0.2) is 19.3 Å². The van der Waals surface area contributed by atoms with Gasteiger partial charge in [-0.3, -0.25) is 0 Å². The zero-order chi connectivity index (χ0) is 12.8. The Morgan fingerprint density at radius 3 is 2.94 bits per heavy atom. The molecule has 0 saturated heterocycles. The second-order valence-electron chi connectivity index (χ2n) is 5.05. The molecule has 0 aliphatic heterocycles. The fraction of sp³-hybridized carbons (Fsp3) is 0.714. The summed E-state index contributed by atoms with van der Waals surface area (Å²) in [5, 5.41) is 3.40. The minimum atomic E-state index is 0.483. The van der Waals surface area contributed by atoms with Crippen molar-refractivity contribution in [1.82, 2.24) is 5.32 Å². The number of rotatable bonds is 6. The molecular formula is C14H22ClNOS. The van der Waals surface area contributed by atoms with E-state index < -0.39 is 0 Å². The van der Waals surface area contributed by atoms with Crippen molar-refractivity contribution in [3.8, 4) is 0 Å². The highest BCUT2D eigenvalue weighted by Gasteiger charge is 2.21. The highest BCUT2D eigenvalue weighted by molar-refractivity contribution is 7.16. The molecule has 2 nitrogen and oxygen atoms in total. The molecule has 4 heteroatoms. The second-order valence-corrected chi connectivity index (χ2v) is 6.85. The Labute approximate surface area is 119 Å². The van der Waals surface area contributed by atoms with Crippen molar-refractivity contribution >= 4 is 22.9 Å². The van der Waals surface area contributed by atoms with Crippen LogP contribution in [0.3, 0.4) is 0 Å².